The van der Waals surface area contributed by atoms with E-state index in [4.69, 9.17) is 0 Å². The fraction of sp³-hybridized carbons (Fsp3) is 0.643. The zero-order valence-corrected chi connectivity index (χ0v) is 18.3. The molecule has 1 aromatic rings. The quantitative estimate of drug-likeness (QED) is 0.440. The number of unbranched alkanes of at least 4 members (excludes halogenated alkanes) is 1. The summed E-state index contributed by atoms with van der Waals surface area (Å²) in [5, 5.41) is 0. The van der Waals surface area contributed by atoms with Crippen molar-refractivity contribution in [3.05, 3.63) is 47.5 Å². The molecule has 0 heteroatoms. The van der Waals surface area contributed by atoms with Crippen molar-refractivity contribution in [3.63, 3.8) is 0 Å². The SMILES string of the molecule is CCCCc1ccc([C@H]2CC[C@H](C#C/C=C/[C@H]3CC[C@H](CC)CC3)CC2)cc1. The Labute approximate surface area is 174 Å². The van der Waals surface area contributed by atoms with Gasteiger partial charge in [0.05, 0.1) is 0 Å². The average molecular weight is 377 g/mol. The van der Waals surface area contributed by atoms with Crippen LogP contribution in [-0.4, -0.2) is 0 Å². The van der Waals surface area contributed by atoms with Crippen molar-refractivity contribution in [3.8, 4) is 11.8 Å². The molecule has 2 aliphatic rings. The van der Waals surface area contributed by atoms with Crippen LogP contribution in [0.25, 0.3) is 0 Å². The lowest BCUT2D eigenvalue weighted by molar-refractivity contribution is 0.304. The number of hydrogen-bond acceptors (Lipinski definition) is 0. The van der Waals surface area contributed by atoms with E-state index in [0.717, 1.165) is 17.8 Å². The Kier molecular flexibility index (Phi) is 8.72. The summed E-state index contributed by atoms with van der Waals surface area (Å²) < 4.78 is 0. The van der Waals surface area contributed by atoms with E-state index in [1.165, 1.54) is 82.6 Å². The first kappa shape index (κ1) is 21.2. The first-order valence-corrected chi connectivity index (χ1v) is 12.0. The second-order valence-electron chi connectivity index (χ2n) is 9.23. The van der Waals surface area contributed by atoms with E-state index in [1.807, 2.05) is 0 Å². The monoisotopic (exact) mass is 376 g/mol. The normalized spacial score (nSPS) is 28.1. The summed E-state index contributed by atoms with van der Waals surface area (Å²) in [6.45, 7) is 4.60. The fourth-order valence-corrected chi connectivity index (χ4v) is 5.05. The molecule has 152 valence electrons. The summed E-state index contributed by atoms with van der Waals surface area (Å²) in [5.41, 5.74) is 3.05. The van der Waals surface area contributed by atoms with Gasteiger partial charge in [-0.1, -0.05) is 68.9 Å². The minimum Gasteiger partial charge on any atom is -0.0951 e. The van der Waals surface area contributed by atoms with Crippen molar-refractivity contribution >= 4 is 0 Å². The third-order valence-corrected chi connectivity index (χ3v) is 7.21. The van der Waals surface area contributed by atoms with Gasteiger partial charge in [-0.15, -0.1) is 0 Å². The fourth-order valence-electron chi connectivity index (χ4n) is 5.05. The Hall–Kier alpha value is -1.48. The van der Waals surface area contributed by atoms with Crippen LogP contribution in [0.1, 0.15) is 102 Å². The molecule has 0 amide bonds. The highest BCUT2D eigenvalue weighted by atomic mass is 14.3. The lowest BCUT2D eigenvalue weighted by Crippen LogP contribution is -2.12. The van der Waals surface area contributed by atoms with Gasteiger partial charge in [0.2, 0.25) is 0 Å². The molecule has 0 heterocycles. The first-order valence-electron chi connectivity index (χ1n) is 12.0. The van der Waals surface area contributed by atoms with E-state index >= 15 is 0 Å². The van der Waals surface area contributed by atoms with Gasteiger partial charge in [0.15, 0.2) is 0 Å². The van der Waals surface area contributed by atoms with Gasteiger partial charge in [0, 0.05) is 5.92 Å². The Morgan fingerprint density at radius 1 is 0.893 bits per heavy atom. The van der Waals surface area contributed by atoms with Crippen LogP contribution in [0.2, 0.25) is 0 Å². The van der Waals surface area contributed by atoms with Crippen LogP contribution in [0.5, 0.6) is 0 Å². The summed E-state index contributed by atoms with van der Waals surface area (Å²) in [7, 11) is 0. The van der Waals surface area contributed by atoms with E-state index in [1.54, 1.807) is 5.56 Å². The summed E-state index contributed by atoms with van der Waals surface area (Å²) in [5.74, 6) is 10.1. The molecule has 0 saturated heterocycles. The van der Waals surface area contributed by atoms with Crippen LogP contribution >= 0.6 is 0 Å². The van der Waals surface area contributed by atoms with Crippen LogP contribution in [0.15, 0.2) is 36.4 Å². The molecule has 0 radical (unpaired) electrons. The number of hydrogen-bond donors (Lipinski definition) is 0. The standard InChI is InChI=1S/C28H40/c1-3-5-8-24-15-19-27(20-16-24)28-21-17-26(18-22-28)10-7-6-9-25-13-11-23(4-2)12-14-25/h6,9,15-16,19-20,23,25-26,28H,3-5,8,11-14,17-18,21-22H2,1-2H3/b9-6+/t23-,25-,26-,28-. The van der Waals surface area contributed by atoms with Gasteiger partial charge in [0.1, 0.15) is 0 Å². The van der Waals surface area contributed by atoms with Crippen LogP contribution in [0, 0.1) is 29.6 Å². The second-order valence-corrected chi connectivity index (χ2v) is 9.23. The van der Waals surface area contributed by atoms with Crippen molar-refractivity contribution in [1.29, 1.82) is 0 Å². The van der Waals surface area contributed by atoms with Crippen molar-refractivity contribution in [2.45, 2.75) is 96.8 Å². The molecule has 1 aromatic carbocycles. The van der Waals surface area contributed by atoms with Crippen LogP contribution in [0.4, 0.5) is 0 Å². The molecule has 0 unspecified atom stereocenters. The van der Waals surface area contributed by atoms with Crippen LogP contribution < -0.4 is 0 Å². The molecule has 0 nitrogen and oxygen atoms in total. The van der Waals surface area contributed by atoms with E-state index in [2.05, 4.69) is 62.1 Å². The zero-order chi connectivity index (χ0) is 19.6. The Bertz CT molecular complexity index is 638. The van der Waals surface area contributed by atoms with Gasteiger partial charge in [-0.2, -0.15) is 0 Å². The molecule has 28 heavy (non-hydrogen) atoms. The lowest BCUT2D eigenvalue weighted by Gasteiger charge is -2.26. The highest BCUT2D eigenvalue weighted by Crippen LogP contribution is 2.35. The molecule has 0 aliphatic heterocycles. The summed E-state index contributed by atoms with van der Waals surface area (Å²) in [6, 6.07) is 9.49. The van der Waals surface area contributed by atoms with Crippen LogP contribution in [-0.2, 0) is 6.42 Å². The molecule has 2 aliphatic carbocycles. The largest absolute Gasteiger partial charge is 0.0951 e. The van der Waals surface area contributed by atoms with Crippen LogP contribution in [0.3, 0.4) is 0 Å². The Morgan fingerprint density at radius 3 is 2.25 bits per heavy atom. The highest BCUT2D eigenvalue weighted by Gasteiger charge is 2.21. The van der Waals surface area contributed by atoms with Gasteiger partial charge in [0.25, 0.3) is 0 Å². The third kappa shape index (κ3) is 6.55. The highest BCUT2D eigenvalue weighted by molar-refractivity contribution is 5.26. The van der Waals surface area contributed by atoms with Gasteiger partial charge >= 0.3 is 0 Å². The van der Waals surface area contributed by atoms with Gasteiger partial charge in [-0.3, -0.25) is 0 Å². The Balaban J connectivity index is 1.40. The molecule has 2 saturated carbocycles. The van der Waals surface area contributed by atoms with Crippen molar-refractivity contribution in [2.24, 2.45) is 17.8 Å². The predicted molar refractivity (Wildman–Crippen MR) is 122 cm³/mol. The Morgan fingerprint density at radius 2 is 1.61 bits per heavy atom. The van der Waals surface area contributed by atoms with Gasteiger partial charge < -0.3 is 0 Å². The van der Waals surface area contributed by atoms with E-state index in [0.29, 0.717) is 5.92 Å². The van der Waals surface area contributed by atoms with E-state index in [-0.39, 0.29) is 0 Å². The maximum Gasteiger partial charge on any atom is 0.0206 e. The minimum absolute atomic E-state index is 0.612. The van der Waals surface area contributed by atoms with E-state index < -0.39 is 0 Å². The predicted octanol–water partition coefficient (Wildman–Crippen LogP) is 8.08. The molecule has 0 aromatic heterocycles. The molecule has 0 bridgehead atoms. The number of benzene rings is 1. The number of aryl methyl sites for hydroxylation is 1. The molecule has 0 atom stereocenters. The lowest BCUT2D eigenvalue weighted by atomic mass is 9.78. The molecule has 3 rings (SSSR count). The summed E-state index contributed by atoms with van der Waals surface area (Å²) in [6.07, 6.45) is 20.5. The molecule has 0 N–H and O–H groups in total. The van der Waals surface area contributed by atoms with Gasteiger partial charge in [-0.05, 0) is 99.2 Å². The summed E-state index contributed by atoms with van der Waals surface area (Å²) in [4.78, 5) is 0. The topological polar surface area (TPSA) is 0 Å². The third-order valence-electron chi connectivity index (χ3n) is 7.21. The number of allylic oxidation sites excluding steroid dienone is 2. The van der Waals surface area contributed by atoms with Crippen molar-refractivity contribution in [2.75, 3.05) is 0 Å². The molecule has 2 fully saturated rings. The van der Waals surface area contributed by atoms with Crippen molar-refractivity contribution < 1.29 is 0 Å². The molecular weight excluding hydrogens is 336 g/mol. The average Bonchev–Trinajstić information content (AvgIpc) is 2.76. The van der Waals surface area contributed by atoms with Gasteiger partial charge in [-0.25, -0.2) is 0 Å². The van der Waals surface area contributed by atoms with E-state index in [9.17, 15) is 0 Å². The first-order chi connectivity index (χ1) is 13.8. The minimum atomic E-state index is 0.612. The molecular formula is C28H40. The number of rotatable bonds is 6. The molecule has 0 spiro atoms. The summed E-state index contributed by atoms with van der Waals surface area (Å²) >= 11 is 0. The smallest absolute Gasteiger partial charge is 0.0206 e. The van der Waals surface area contributed by atoms with Crippen molar-refractivity contribution in [1.82, 2.24) is 0 Å². The second kappa shape index (κ2) is 11.5. The zero-order valence-electron chi connectivity index (χ0n) is 18.3. The maximum absolute atomic E-state index is 3.55. The maximum atomic E-state index is 3.55.